The summed E-state index contributed by atoms with van der Waals surface area (Å²) in [5.74, 6) is -3.73. The van der Waals surface area contributed by atoms with Gasteiger partial charge in [-0.05, 0) is 78.2 Å². The van der Waals surface area contributed by atoms with Gasteiger partial charge >= 0.3 is 5.97 Å². The maximum absolute atomic E-state index is 12.3. The van der Waals surface area contributed by atoms with E-state index in [1.165, 1.54) is 42.5 Å². The van der Waals surface area contributed by atoms with Crippen molar-refractivity contribution in [3.05, 3.63) is 109 Å². The number of benzene rings is 7. The van der Waals surface area contributed by atoms with Gasteiger partial charge in [0.05, 0.1) is 49.7 Å². The Bertz CT molecular complexity index is 3430. The van der Waals surface area contributed by atoms with E-state index in [0.29, 0.717) is 28.6 Å². The number of azo groups is 3. The third kappa shape index (κ3) is 7.93. The topological polar surface area (TPSA) is 335 Å². The van der Waals surface area contributed by atoms with Crippen molar-refractivity contribution in [3.8, 4) is 17.2 Å². The lowest BCUT2D eigenvalue weighted by Crippen LogP contribution is -2.01. The van der Waals surface area contributed by atoms with Gasteiger partial charge in [-0.25, -0.2) is 4.79 Å². The molecule has 60 heavy (non-hydrogen) atoms. The lowest BCUT2D eigenvalue weighted by molar-refractivity contribution is 0.0697. The maximum Gasteiger partial charge on any atom is 0.338 e. The van der Waals surface area contributed by atoms with Gasteiger partial charge in [0.15, 0.2) is 0 Å². The molecule has 0 heterocycles. The van der Waals surface area contributed by atoms with Crippen molar-refractivity contribution in [1.29, 1.82) is 0 Å². The van der Waals surface area contributed by atoms with Crippen LogP contribution in [0.3, 0.4) is 0 Å². The first-order chi connectivity index (χ1) is 28.2. The Morgan fingerprint density at radius 2 is 1.05 bits per heavy atom. The Kier molecular flexibility index (Phi) is 10.3. The molecule has 0 aliphatic carbocycles. The lowest BCUT2D eigenvalue weighted by Gasteiger charge is -2.12. The average molecular weight is 873 g/mol. The van der Waals surface area contributed by atoms with Gasteiger partial charge in [0.2, 0.25) is 0 Å². The number of carboxylic acid groups (broad SMARTS) is 1. The highest BCUT2D eigenvalue weighted by Crippen LogP contribution is 2.46. The van der Waals surface area contributed by atoms with Crippen LogP contribution in [0.5, 0.6) is 17.2 Å². The minimum atomic E-state index is -5.18. The van der Waals surface area contributed by atoms with Crippen molar-refractivity contribution in [1.82, 2.24) is 0 Å². The van der Waals surface area contributed by atoms with Crippen LogP contribution >= 0.6 is 0 Å². The molecule has 0 fully saturated rings. The van der Waals surface area contributed by atoms with Gasteiger partial charge in [0.25, 0.3) is 30.4 Å². The molecule has 20 nitrogen and oxygen atoms in total. The van der Waals surface area contributed by atoms with E-state index in [-0.39, 0.29) is 44.8 Å². The highest BCUT2D eigenvalue weighted by molar-refractivity contribution is 7.86. The van der Waals surface area contributed by atoms with Gasteiger partial charge in [-0.1, -0.05) is 30.3 Å². The molecule has 0 amide bonds. The van der Waals surface area contributed by atoms with Gasteiger partial charge in [0, 0.05) is 16.2 Å². The Morgan fingerprint density at radius 3 is 1.70 bits per heavy atom. The summed E-state index contributed by atoms with van der Waals surface area (Å²) in [5, 5.41) is 66.2. The maximum atomic E-state index is 12.3. The van der Waals surface area contributed by atoms with Crippen molar-refractivity contribution in [2.75, 3.05) is 0 Å². The summed E-state index contributed by atoms with van der Waals surface area (Å²) in [7, 11) is -15.1. The number of carbonyl (C=O) groups is 1. The van der Waals surface area contributed by atoms with Crippen molar-refractivity contribution in [2.24, 2.45) is 30.7 Å². The fourth-order valence-corrected chi connectivity index (χ4v) is 7.81. The van der Waals surface area contributed by atoms with E-state index in [0.717, 1.165) is 18.2 Å². The summed E-state index contributed by atoms with van der Waals surface area (Å²) in [6, 6.07) is 21.6. The number of rotatable bonds is 10. The molecule has 304 valence electrons. The number of fused-ring (bicyclic) bond motifs is 3. The molecule has 7 rings (SSSR count). The zero-order valence-electron chi connectivity index (χ0n) is 29.7. The van der Waals surface area contributed by atoms with Crippen molar-refractivity contribution in [2.45, 2.75) is 14.7 Å². The molecule has 0 unspecified atom stereocenters. The molecular weight excluding hydrogens is 849 g/mol. The Hall–Kier alpha value is -7.28. The van der Waals surface area contributed by atoms with E-state index in [2.05, 4.69) is 30.7 Å². The van der Waals surface area contributed by atoms with Crippen molar-refractivity contribution >= 4 is 103 Å². The number of aromatic carboxylic acids is 1. The summed E-state index contributed by atoms with van der Waals surface area (Å²) in [5.41, 5.74) is -0.929. The molecule has 0 atom stereocenters. The molecule has 7 aromatic carbocycles. The van der Waals surface area contributed by atoms with E-state index in [1.54, 1.807) is 30.3 Å². The largest absolute Gasteiger partial charge is 0.507 e. The van der Waals surface area contributed by atoms with E-state index in [1.807, 2.05) is 0 Å². The number of carboxylic acids is 1. The summed E-state index contributed by atoms with van der Waals surface area (Å²) in [4.78, 5) is 9.48. The van der Waals surface area contributed by atoms with Crippen LogP contribution in [0.4, 0.5) is 34.1 Å². The summed E-state index contributed by atoms with van der Waals surface area (Å²) in [6.07, 6.45) is 0. The highest BCUT2D eigenvalue weighted by Gasteiger charge is 2.26. The van der Waals surface area contributed by atoms with E-state index in [4.69, 9.17) is 0 Å². The first-order valence-corrected chi connectivity index (χ1v) is 20.9. The Labute approximate surface area is 337 Å². The molecule has 7 aromatic rings. The van der Waals surface area contributed by atoms with E-state index >= 15 is 0 Å². The van der Waals surface area contributed by atoms with Crippen LogP contribution < -0.4 is 0 Å². The fraction of sp³-hybridized carbons (Fsp3) is 0. The molecule has 0 bridgehead atoms. The normalized spacial score (nSPS) is 12.8. The first-order valence-electron chi connectivity index (χ1n) is 16.6. The molecular formula is C37H24N6O14S3. The molecule has 0 aliphatic heterocycles. The van der Waals surface area contributed by atoms with Crippen molar-refractivity contribution < 1.29 is 64.1 Å². The minimum Gasteiger partial charge on any atom is -0.507 e. The van der Waals surface area contributed by atoms with Gasteiger partial charge in [0.1, 0.15) is 32.7 Å². The Balaban J connectivity index is 1.32. The molecule has 23 heteroatoms. The quantitative estimate of drug-likeness (QED) is 0.0498. The van der Waals surface area contributed by atoms with Crippen LogP contribution in [0, 0.1) is 0 Å². The fourth-order valence-electron chi connectivity index (χ4n) is 6.10. The number of aromatic hydroxyl groups is 3. The standard InChI is InChI=1S/C37H24N6O14S3/c44-30-6-2-4-18-3-1-5-28(33(18)30)42-38-19-7-11-27(24(15-19)37(47)48)41-39-25-12-13-26(23-16-20(58(49,50)51)8-9-21(23)25)40-43-29-17-32(60(55,56)57)35(45)22-10-14-31(59(52,53)54)36(46)34(22)29/h1-17,44-46H,(H,47,48)(H,49,50,51)(H,52,53,54)(H,55,56,57). The van der Waals surface area contributed by atoms with Gasteiger partial charge in [-0.15, -0.1) is 25.6 Å². The molecule has 0 saturated carbocycles. The second kappa shape index (κ2) is 15.1. The predicted octanol–water partition coefficient (Wildman–Crippen LogP) is 8.95. The third-order valence-electron chi connectivity index (χ3n) is 8.82. The SMILES string of the molecule is O=C(O)c1cc(N=Nc2cccc3cccc(O)c23)ccc1N=Nc1ccc(N=Nc2cc(S(=O)(=O)O)c(O)c3ccc(S(=O)(=O)O)c(O)c23)c2cc(S(=O)(=O)O)ccc12. The van der Waals surface area contributed by atoms with Crippen LogP contribution in [0.25, 0.3) is 32.3 Å². The first kappa shape index (κ1) is 40.9. The van der Waals surface area contributed by atoms with Crippen LogP contribution in [-0.4, -0.2) is 65.3 Å². The molecule has 0 aromatic heterocycles. The van der Waals surface area contributed by atoms with Gasteiger partial charge < -0.3 is 20.4 Å². The molecule has 0 spiro atoms. The monoisotopic (exact) mass is 872 g/mol. The number of hydrogen-bond donors (Lipinski definition) is 7. The molecule has 0 radical (unpaired) electrons. The second-order valence-corrected chi connectivity index (χ2v) is 16.8. The van der Waals surface area contributed by atoms with Gasteiger partial charge in [-0.3, -0.25) is 13.7 Å². The van der Waals surface area contributed by atoms with Crippen LogP contribution in [0.2, 0.25) is 0 Å². The van der Waals surface area contributed by atoms with Crippen molar-refractivity contribution in [3.63, 3.8) is 0 Å². The zero-order valence-corrected chi connectivity index (χ0v) is 32.2. The smallest absolute Gasteiger partial charge is 0.338 e. The third-order valence-corrected chi connectivity index (χ3v) is 11.4. The van der Waals surface area contributed by atoms with Crippen LogP contribution in [-0.2, 0) is 30.4 Å². The highest BCUT2D eigenvalue weighted by atomic mass is 32.2. The number of hydrogen-bond acceptors (Lipinski definition) is 16. The molecule has 0 aliphatic rings. The number of phenolic OH excluding ortho intramolecular Hbond substituents is 3. The zero-order chi connectivity index (χ0) is 43.3. The number of phenols is 3. The molecule has 7 N–H and O–H groups in total. The minimum absolute atomic E-state index is 0.000820. The predicted molar refractivity (Wildman–Crippen MR) is 212 cm³/mol. The summed E-state index contributed by atoms with van der Waals surface area (Å²) in [6.45, 7) is 0. The average Bonchev–Trinajstić information content (AvgIpc) is 3.18. The Morgan fingerprint density at radius 1 is 0.467 bits per heavy atom. The lowest BCUT2D eigenvalue weighted by atomic mass is 10.1. The number of nitrogens with zero attached hydrogens (tertiary/aromatic N) is 6. The van der Waals surface area contributed by atoms with E-state index < -0.39 is 79.0 Å². The van der Waals surface area contributed by atoms with E-state index in [9.17, 15) is 64.1 Å². The van der Waals surface area contributed by atoms with Crippen LogP contribution in [0.1, 0.15) is 10.4 Å². The van der Waals surface area contributed by atoms with Crippen LogP contribution in [0.15, 0.2) is 149 Å². The summed E-state index contributed by atoms with van der Waals surface area (Å²) >= 11 is 0. The summed E-state index contributed by atoms with van der Waals surface area (Å²) < 4.78 is 102. The van der Waals surface area contributed by atoms with Gasteiger partial charge in [-0.2, -0.15) is 30.4 Å². The second-order valence-electron chi connectivity index (χ2n) is 12.6. The molecule has 0 saturated heterocycles.